The molecule has 3 N–H and O–H groups in total. The minimum Gasteiger partial charge on any atom is -0.330 e. The van der Waals surface area contributed by atoms with Gasteiger partial charge in [-0.25, -0.2) is 5.32 Å². The number of hydrogen-bond acceptors (Lipinski definition) is 2. The van der Waals surface area contributed by atoms with Crippen LogP contribution in [0.15, 0.2) is 0 Å². The summed E-state index contributed by atoms with van der Waals surface area (Å²) in [6, 6.07) is 0.549. The van der Waals surface area contributed by atoms with E-state index in [2.05, 4.69) is 10.6 Å². The van der Waals surface area contributed by atoms with Gasteiger partial charge in [0, 0.05) is 19.1 Å². The molecule has 1 aliphatic heterocycles. The normalized spacial score (nSPS) is 27.9. The molecule has 0 spiro atoms. The highest BCUT2D eigenvalue weighted by atomic mass is 15.0. The molecule has 3 heteroatoms. The first-order valence-corrected chi connectivity index (χ1v) is 4.00. The van der Waals surface area contributed by atoms with E-state index in [4.69, 9.17) is 5.73 Å². The molecule has 3 nitrogen and oxygen atoms in total. The van der Waals surface area contributed by atoms with E-state index in [-0.39, 0.29) is 0 Å². The van der Waals surface area contributed by atoms with Gasteiger partial charge in [-0.2, -0.15) is 0 Å². The first-order valence-electron chi connectivity index (χ1n) is 4.00. The summed E-state index contributed by atoms with van der Waals surface area (Å²) >= 11 is 0. The zero-order valence-corrected chi connectivity index (χ0v) is 6.34. The molecule has 1 fully saturated rings. The molecule has 1 atom stereocenters. The van der Waals surface area contributed by atoms with Crippen molar-refractivity contribution in [2.75, 3.05) is 26.2 Å². The number of rotatable bonds is 2. The van der Waals surface area contributed by atoms with E-state index in [0.717, 1.165) is 32.6 Å². The Morgan fingerprint density at radius 2 is 2.50 bits per heavy atom. The van der Waals surface area contributed by atoms with Gasteiger partial charge in [-0.05, 0) is 25.9 Å². The molecule has 1 aliphatic rings. The van der Waals surface area contributed by atoms with Crippen LogP contribution in [-0.2, 0) is 0 Å². The standard InChI is InChI=1S/C7H16N3/c8-3-2-7-6-9-4-1-5-10-7/h7,10H,1-6,8H2. The molecule has 0 aromatic heterocycles. The molecule has 0 bridgehead atoms. The maximum absolute atomic E-state index is 5.43. The first-order chi connectivity index (χ1) is 4.93. The molecule has 1 radical (unpaired) electrons. The van der Waals surface area contributed by atoms with Crippen LogP contribution in [-0.4, -0.2) is 32.2 Å². The Balaban J connectivity index is 2.15. The predicted octanol–water partition coefficient (Wildman–Crippen LogP) is -0.698. The van der Waals surface area contributed by atoms with Crippen LogP contribution in [0.3, 0.4) is 0 Å². The minimum absolute atomic E-state index is 0.549. The van der Waals surface area contributed by atoms with Gasteiger partial charge >= 0.3 is 0 Å². The number of nitrogens with one attached hydrogen (secondary N) is 1. The Bertz CT molecular complexity index is 76.9. The maximum Gasteiger partial charge on any atom is 0.0288 e. The molecule has 1 rings (SSSR count). The maximum atomic E-state index is 5.43. The Morgan fingerprint density at radius 3 is 3.30 bits per heavy atom. The molecule has 0 aromatic carbocycles. The van der Waals surface area contributed by atoms with Crippen molar-refractivity contribution in [1.82, 2.24) is 10.6 Å². The van der Waals surface area contributed by atoms with Crippen molar-refractivity contribution in [3.8, 4) is 0 Å². The molecule has 1 heterocycles. The van der Waals surface area contributed by atoms with Gasteiger partial charge in [0.15, 0.2) is 0 Å². The fraction of sp³-hybridized carbons (Fsp3) is 1.00. The third-order valence-electron chi connectivity index (χ3n) is 1.79. The zero-order valence-electron chi connectivity index (χ0n) is 6.34. The second-order valence-electron chi connectivity index (χ2n) is 2.71. The number of nitrogens with two attached hydrogens (primary N) is 1. The van der Waals surface area contributed by atoms with Crippen molar-refractivity contribution in [3.05, 3.63) is 0 Å². The van der Waals surface area contributed by atoms with E-state index in [1.165, 1.54) is 6.42 Å². The van der Waals surface area contributed by atoms with Crippen LogP contribution in [0.5, 0.6) is 0 Å². The van der Waals surface area contributed by atoms with E-state index < -0.39 is 0 Å². The predicted molar refractivity (Wildman–Crippen MR) is 41.9 cm³/mol. The summed E-state index contributed by atoms with van der Waals surface area (Å²) in [5, 5.41) is 7.76. The van der Waals surface area contributed by atoms with Crippen LogP contribution in [0.25, 0.3) is 0 Å². The summed E-state index contributed by atoms with van der Waals surface area (Å²) in [5.74, 6) is 0. The van der Waals surface area contributed by atoms with E-state index in [0.29, 0.717) is 6.04 Å². The van der Waals surface area contributed by atoms with Crippen LogP contribution in [0.1, 0.15) is 12.8 Å². The van der Waals surface area contributed by atoms with E-state index in [9.17, 15) is 0 Å². The highest BCUT2D eigenvalue weighted by Crippen LogP contribution is 1.93. The molecule has 0 aliphatic carbocycles. The van der Waals surface area contributed by atoms with Gasteiger partial charge < -0.3 is 11.1 Å². The minimum atomic E-state index is 0.549. The van der Waals surface area contributed by atoms with Gasteiger partial charge in [0.25, 0.3) is 0 Å². The first kappa shape index (κ1) is 7.98. The third kappa shape index (κ3) is 2.64. The van der Waals surface area contributed by atoms with Crippen molar-refractivity contribution >= 4 is 0 Å². The second-order valence-corrected chi connectivity index (χ2v) is 2.71. The summed E-state index contributed by atoms with van der Waals surface area (Å²) in [4.78, 5) is 0. The average molecular weight is 142 g/mol. The van der Waals surface area contributed by atoms with Crippen molar-refractivity contribution in [2.24, 2.45) is 5.73 Å². The molecule has 10 heavy (non-hydrogen) atoms. The number of nitrogens with zero attached hydrogens (tertiary/aromatic N) is 1. The SMILES string of the molecule is NCCC1C[N]CCCN1. The van der Waals surface area contributed by atoms with Crippen molar-refractivity contribution in [2.45, 2.75) is 18.9 Å². The van der Waals surface area contributed by atoms with Gasteiger partial charge in [0.1, 0.15) is 0 Å². The molecule has 0 amide bonds. The van der Waals surface area contributed by atoms with Crippen LogP contribution in [0.2, 0.25) is 0 Å². The molecule has 0 saturated carbocycles. The summed E-state index contributed by atoms with van der Waals surface area (Å²) in [7, 11) is 0. The third-order valence-corrected chi connectivity index (χ3v) is 1.79. The molecular formula is C7H16N3. The van der Waals surface area contributed by atoms with Crippen LogP contribution >= 0.6 is 0 Å². The van der Waals surface area contributed by atoms with Gasteiger partial charge in [-0.1, -0.05) is 0 Å². The zero-order chi connectivity index (χ0) is 7.23. The Labute approximate surface area is 62.4 Å². The average Bonchev–Trinajstić information content (AvgIpc) is 2.17. The molecule has 59 valence electrons. The quantitative estimate of drug-likeness (QED) is 0.536. The monoisotopic (exact) mass is 142 g/mol. The second kappa shape index (κ2) is 4.66. The largest absolute Gasteiger partial charge is 0.330 e. The lowest BCUT2D eigenvalue weighted by molar-refractivity contribution is 0.497. The topological polar surface area (TPSA) is 52.2 Å². The number of hydrogen-bond donors (Lipinski definition) is 2. The molecule has 1 unspecified atom stereocenters. The highest BCUT2D eigenvalue weighted by molar-refractivity contribution is 4.72. The lowest BCUT2D eigenvalue weighted by Crippen LogP contribution is -2.35. The lowest BCUT2D eigenvalue weighted by Gasteiger charge is -2.12. The summed E-state index contributed by atoms with van der Waals surface area (Å²) < 4.78 is 0. The summed E-state index contributed by atoms with van der Waals surface area (Å²) in [5.41, 5.74) is 5.43. The van der Waals surface area contributed by atoms with E-state index >= 15 is 0 Å². The van der Waals surface area contributed by atoms with Gasteiger partial charge in [0.05, 0.1) is 0 Å². The van der Waals surface area contributed by atoms with Crippen LogP contribution < -0.4 is 16.4 Å². The molecule has 0 aromatic rings. The van der Waals surface area contributed by atoms with Gasteiger partial charge in [-0.15, -0.1) is 0 Å². The smallest absolute Gasteiger partial charge is 0.0288 e. The van der Waals surface area contributed by atoms with E-state index in [1.54, 1.807) is 0 Å². The Kier molecular flexibility index (Phi) is 3.72. The van der Waals surface area contributed by atoms with Crippen molar-refractivity contribution in [1.29, 1.82) is 0 Å². The fourth-order valence-corrected chi connectivity index (χ4v) is 1.20. The van der Waals surface area contributed by atoms with Crippen LogP contribution in [0, 0.1) is 0 Å². The lowest BCUT2D eigenvalue weighted by atomic mass is 10.2. The van der Waals surface area contributed by atoms with Crippen molar-refractivity contribution in [3.63, 3.8) is 0 Å². The molecule has 1 saturated heterocycles. The van der Waals surface area contributed by atoms with Gasteiger partial charge in [-0.3, -0.25) is 0 Å². The van der Waals surface area contributed by atoms with Gasteiger partial charge in [0.2, 0.25) is 0 Å². The molecular weight excluding hydrogens is 126 g/mol. The van der Waals surface area contributed by atoms with Crippen LogP contribution in [0.4, 0.5) is 0 Å². The van der Waals surface area contributed by atoms with E-state index in [1.807, 2.05) is 0 Å². The summed E-state index contributed by atoms with van der Waals surface area (Å²) in [6.45, 7) is 3.85. The highest BCUT2D eigenvalue weighted by Gasteiger charge is 2.09. The Morgan fingerprint density at radius 1 is 1.60 bits per heavy atom. The Hall–Kier alpha value is -0.120. The summed E-state index contributed by atoms with van der Waals surface area (Å²) in [6.07, 6.45) is 2.24. The fourth-order valence-electron chi connectivity index (χ4n) is 1.20. The van der Waals surface area contributed by atoms with Crippen molar-refractivity contribution < 1.29 is 0 Å².